The zero-order valence-corrected chi connectivity index (χ0v) is 13.5. The van der Waals surface area contributed by atoms with E-state index in [1.54, 1.807) is 0 Å². The molecule has 0 aliphatic heterocycles. The predicted octanol–water partition coefficient (Wildman–Crippen LogP) is 4.09. The molecule has 2 aromatic rings. The number of hydrogen-bond acceptors (Lipinski definition) is 2. The van der Waals surface area contributed by atoms with Crippen LogP contribution in [0, 0.1) is 13.8 Å². The molecule has 0 aliphatic rings. The Morgan fingerprint density at radius 1 is 1.21 bits per heavy atom. The molecular weight excluding hydrogens is 302 g/mol. The van der Waals surface area contributed by atoms with E-state index in [9.17, 15) is 0 Å². The third-order valence-electron chi connectivity index (χ3n) is 3.36. The summed E-state index contributed by atoms with van der Waals surface area (Å²) in [6.45, 7) is 7.25. The summed E-state index contributed by atoms with van der Waals surface area (Å²) in [5, 5.41) is 5.36. The van der Waals surface area contributed by atoms with Gasteiger partial charge in [0.2, 0.25) is 0 Å². The Labute approximate surface area is 123 Å². The van der Waals surface area contributed by atoms with Gasteiger partial charge in [-0.2, -0.15) is 5.10 Å². The number of alkyl halides is 1. The van der Waals surface area contributed by atoms with Gasteiger partial charge in [0.15, 0.2) is 0 Å². The highest BCUT2D eigenvalue weighted by atomic mass is 79.9. The molecule has 102 valence electrons. The van der Waals surface area contributed by atoms with Gasteiger partial charge < -0.3 is 4.90 Å². The molecule has 0 radical (unpaired) electrons. The highest BCUT2D eigenvalue weighted by Gasteiger charge is 2.18. The molecule has 0 aliphatic carbocycles. The van der Waals surface area contributed by atoms with Crippen LogP contribution in [0.15, 0.2) is 24.3 Å². The SMILES string of the molecule is CCN(c1ccc(C)cc1)c1c(CBr)c(C)nn1C. The summed E-state index contributed by atoms with van der Waals surface area (Å²) in [5.74, 6) is 1.17. The minimum absolute atomic E-state index is 0.824. The van der Waals surface area contributed by atoms with Crippen LogP contribution < -0.4 is 4.90 Å². The third-order valence-corrected chi connectivity index (χ3v) is 3.93. The first-order chi connectivity index (χ1) is 9.08. The van der Waals surface area contributed by atoms with Crippen molar-refractivity contribution in [3.63, 3.8) is 0 Å². The number of benzene rings is 1. The Morgan fingerprint density at radius 3 is 2.37 bits per heavy atom. The van der Waals surface area contributed by atoms with Crippen LogP contribution in [-0.2, 0) is 12.4 Å². The Kier molecular flexibility index (Phi) is 4.30. The van der Waals surface area contributed by atoms with Crippen LogP contribution in [0.25, 0.3) is 0 Å². The first-order valence-electron chi connectivity index (χ1n) is 6.51. The molecule has 3 nitrogen and oxygen atoms in total. The monoisotopic (exact) mass is 321 g/mol. The highest BCUT2D eigenvalue weighted by Crippen LogP contribution is 2.31. The lowest BCUT2D eigenvalue weighted by Crippen LogP contribution is -2.20. The van der Waals surface area contributed by atoms with Crippen molar-refractivity contribution >= 4 is 27.4 Å². The van der Waals surface area contributed by atoms with E-state index in [0.717, 1.165) is 17.6 Å². The lowest BCUT2D eigenvalue weighted by Gasteiger charge is -2.24. The Balaban J connectivity index is 2.50. The van der Waals surface area contributed by atoms with Gasteiger partial charge >= 0.3 is 0 Å². The standard InChI is InChI=1S/C15H20BrN3/c1-5-19(13-8-6-11(2)7-9-13)15-14(10-16)12(3)17-18(15)4/h6-9H,5,10H2,1-4H3. The fourth-order valence-electron chi connectivity index (χ4n) is 2.36. The topological polar surface area (TPSA) is 21.1 Å². The summed E-state index contributed by atoms with van der Waals surface area (Å²) in [6, 6.07) is 8.63. The Hall–Kier alpha value is -1.29. The fraction of sp³-hybridized carbons (Fsp3) is 0.400. The molecule has 0 fully saturated rings. The van der Waals surface area contributed by atoms with Crippen molar-refractivity contribution in [3.8, 4) is 0 Å². The second-order valence-electron chi connectivity index (χ2n) is 4.72. The van der Waals surface area contributed by atoms with Crippen molar-refractivity contribution in [1.29, 1.82) is 0 Å². The normalized spacial score (nSPS) is 10.8. The number of hydrogen-bond donors (Lipinski definition) is 0. The van der Waals surface area contributed by atoms with Crippen LogP contribution in [0.3, 0.4) is 0 Å². The number of anilines is 2. The van der Waals surface area contributed by atoms with Gasteiger partial charge in [-0.05, 0) is 32.9 Å². The minimum Gasteiger partial charge on any atom is -0.327 e. The van der Waals surface area contributed by atoms with Crippen LogP contribution in [0.4, 0.5) is 11.5 Å². The van der Waals surface area contributed by atoms with Crippen LogP contribution in [-0.4, -0.2) is 16.3 Å². The van der Waals surface area contributed by atoms with E-state index >= 15 is 0 Å². The van der Waals surface area contributed by atoms with E-state index in [0.29, 0.717) is 0 Å². The first-order valence-corrected chi connectivity index (χ1v) is 7.63. The van der Waals surface area contributed by atoms with Gasteiger partial charge in [0.25, 0.3) is 0 Å². The van der Waals surface area contributed by atoms with E-state index in [4.69, 9.17) is 0 Å². The Bertz CT molecular complexity index is 558. The van der Waals surface area contributed by atoms with Gasteiger partial charge in [-0.1, -0.05) is 33.6 Å². The first kappa shape index (κ1) is 14.1. The average Bonchev–Trinajstić information content (AvgIpc) is 2.67. The van der Waals surface area contributed by atoms with E-state index in [-0.39, 0.29) is 0 Å². The molecule has 1 aromatic carbocycles. The number of halogens is 1. The fourth-order valence-corrected chi connectivity index (χ4v) is 3.02. The molecule has 0 bridgehead atoms. The largest absolute Gasteiger partial charge is 0.327 e. The zero-order valence-electron chi connectivity index (χ0n) is 11.9. The molecule has 0 spiro atoms. The summed E-state index contributed by atoms with van der Waals surface area (Å²) in [7, 11) is 2.01. The maximum absolute atomic E-state index is 4.54. The molecule has 4 heteroatoms. The summed E-state index contributed by atoms with van der Waals surface area (Å²) < 4.78 is 1.97. The number of aromatic nitrogens is 2. The molecule has 0 saturated heterocycles. The van der Waals surface area contributed by atoms with Crippen molar-refractivity contribution in [3.05, 3.63) is 41.1 Å². The van der Waals surface area contributed by atoms with Crippen LogP contribution in [0.2, 0.25) is 0 Å². The molecule has 0 unspecified atom stereocenters. The van der Waals surface area contributed by atoms with Crippen LogP contribution in [0.1, 0.15) is 23.7 Å². The maximum Gasteiger partial charge on any atom is 0.135 e. The summed E-state index contributed by atoms with van der Waals surface area (Å²) in [6.07, 6.45) is 0. The summed E-state index contributed by atoms with van der Waals surface area (Å²) in [5.41, 5.74) is 4.82. The smallest absolute Gasteiger partial charge is 0.135 e. The highest BCUT2D eigenvalue weighted by molar-refractivity contribution is 9.08. The van der Waals surface area contributed by atoms with Crippen LogP contribution >= 0.6 is 15.9 Å². The van der Waals surface area contributed by atoms with Gasteiger partial charge in [-0.25, -0.2) is 0 Å². The molecule has 19 heavy (non-hydrogen) atoms. The molecule has 1 heterocycles. The van der Waals surface area contributed by atoms with Crippen molar-refractivity contribution in [2.75, 3.05) is 11.4 Å². The van der Waals surface area contributed by atoms with Gasteiger partial charge in [0.1, 0.15) is 5.82 Å². The lowest BCUT2D eigenvalue weighted by molar-refractivity contribution is 0.741. The molecule has 0 atom stereocenters. The third kappa shape index (κ3) is 2.68. The van der Waals surface area contributed by atoms with Crippen molar-refractivity contribution in [2.24, 2.45) is 7.05 Å². The zero-order chi connectivity index (χ0) is 14.0. The van der Waals surface area contributed by atoms with Crippen molar-refractivity contribution < 1.29 is 0 Å². The minimum atomic E-state index is 0.824. The molecule has 0 saturated carbocycles. The second kappa shape index (κ2) is 5.78. The second-order valence-corrected chi connectivity index (χ2v) is 5.29. The molecule has 0 amide bonds. The van der Waals surface area contributed by atoms with E-state index < -0.39 is 0 Å². The number of rotatable bonds is 4. The quantitative estimate of drug-likeness (QED) is 0.791. The van der Waals surface area contributed by atoms with Gasteiger partial charge in [-0.15, -0.1) is 0 Å². The summed E-state index contributed by atoms with van der Waals surface area (Å²) >= 11 is 3.57. The van der Waals surface area contributed by atoms with Crippen LogP contribution in [0.5, 0.6) is 0 Å². The van der Waals surface area contributed by atoms with Gasteiger partial charge in [0, 0.05) is 30.2 Å². The van der Waals surface area contributed by atoms with Crippen molar-refractivity contribution in [2.45, 2.75) is 26.1 Å². The van der Waals surface area contributed by atoms with Gasteiger partial charge in [-0.3, -0.25) is 4.68 Å². The molecule has 0 N–H and O–H groups in total. The molecule has 2 rings (SSSR count). The maximum atomic E-state index is 4.54. The summed E-state index contributed by atoms with van der Waals surface area (Å²) in [4.78, 5) is 2.30. The Morgan fingerprint density at radius 2 is 1.84 bits per heavy atom. The molecule has 1 aromatic heterocycles. The predicted molar refractivity (Wildman–Crippen MR) is 84.4 cm³/mol. The van der Waals surface area contributed by atoms with E-state index in [2.05, 4.69) is 71.0 Å². The van der Waals surface area contributed by atoms with Crippen molar-refractivity contribution in [1.82, 2.24) is 9.78 Å². The number of nitrogens with zero attached hydrogens (tertiary/aromatic N) is 3. The van der Waals surface area contributed by atoms with E-state index in [1.807, 2.05) is 11.7 Å². The van der Waals surface area contributed by atoms with E-state index in [1.165, 1.54) is 22.6 Å². The number of aryl methyl sites for hydroxylation is 3. The average molecular weight is 322 g/mol. The lowest BCUT2D eigenvalue weighted by atomic mass is 10.2. The molecular formula is C15H20BrN3. The van der Waals surface area contributed by atoms with Gasteiger partial charge in [0.05, 0.1) is 5.69 Å².